The van der Waals surface area contributed by atoms with E-state index >= 15 is 0 Å². The lowest BCUT2D eigenvalue weighted by molar-refractivity contribution is 0.268. The Bertz CT molecular complexity index is 404. The molecule has 0 saturated heterocycles. The first-order valence-electron chi connectivity index (χ1n) is 8.37. The van der Waals surface area contributed by atoms with E-state index in [0.29, 0.717) is 0 Å². The van der Waals surface area contributed by atoms with Crippen molar-refractivity contribution in [1.29, 1.82) is 0 Å². The fourth-order valence-corrected chi connectivity index (χ4v) is 2.75. The van der Waals surface area contributed by atoms with Gasteiger partial charge in [0.25, 0.3) is 0 Å². The first kappa shape index (κ1) is 14.1. The van der Waals surface area contributed by atoms with Crippen LogP contribution >= 0.6 is 0 Å². The summed E-state index contributed by atoms with van der Waals surface area (Å²) in [6.07, 6.45) is 6.82. The highest BCUT2D eigenvalue weighted by molar-refractivity contribution is 5.22. The van der Waals surface area contributed by atoms with Crippen molar-refractivity contribution in [2.75, 3.05) is 19.6 Å². The first-order chi connectivity index (χ1) is 9.83. The van der Waals surface area contributed by atoms with Crippen LogP contribution in [0.15, 0.2) is 24.3 Å². The molecule has 0 amide bonds. The summed E-state index contributed by atoms with van der Waals surface area (Å²) < 4.78 is 0. The summed E-state index contributed by atoms with van der Waals surface area (Å²) in [7, 11) is 0. The summed E-state index contributed by atoms with van der Waals surface area (Å²) in [5.41, 5.74) is 2.93. The van der Waals surface area contributed by atoms with Crippen LogP contribution in [0.4, 0.5) is 0 Å². The second-order valence-corrected chi connectivity index (χ2v) is 6.57. The fraction of sp³-hybridized carbons (Fsp3) is 0.667. The van der Waals surface area contributed by atoms with E-state index in [9.17, 15) is 0 Å². The largest absolute Gasteiger partial charge is 0.314 e. The highest BCUT2D eigenvalue weighted by atomic mass is 15.1. The SMILES string of the molecule is CCN(Cc1ccc(CCNC2CC2)cc1)CC1CC1. The Morgan fingerprint density at radius 1 is 1.05 bits per heavy atom. The zero-order chi connectivity index (χ0) is 13.8. The number of nitrogens with zero attached hydrogens (tertiary/aromatic N) is 1. The van der Waals surface area contributed by atoms with Crippen LogP contribution in [0.1, 0.15) is 43.7 Å². The predicted octanol–water partition coefficient (Wildman–Crippen LogP) is 3.21. The molecule has 2 aliphatic carbocycles. The molecule has 0 spiro atoms. The quantitative estimate of drug-likeness (QED) is 0.742. The second kappa shape index (κ2) is 6.73. The molecule has 2 nitrogen and oxygen atoms in total. The molecule has 0 aromatic heterocycles. The summed E-state index contributed by atoms with van der Waals surface area (Å²) in [6.45, 7) is 6.99. The second-order valence-electron chi connectivity index (χ2n) is 6.57. The van der Waals surface area contributed by atoms with Crippen molar-refractivity contribution in [1.82, 2.24) is 10.2 Å². The standard InChI is InChI=1S/C18H28N2/c1-2-20(14-17-7-8-17)13-16-5-3-15(4-6-16)11-12-19-18-9-10-18/h3-6,17-19H,2,7-14H2,1H3. The molecule has 0 heterocycles. The van der Waals surface area contributed by atoms with Gasteiger partial charge in [0.1, 0.15) is 0 Å². The topological polar surface area (TPSA) is 15.3 Å². The van der Waals surface area contributed by atoms with Crippen molar-refractivity contribution >= 4 is 0 Å². The first-order valence-corrected chi connectivity index (χ1v) is 8.37. The van der Waals surface area contributed by atoms with Gasteiger partial charge in [-0.3, -0.25) is 4.90 Å². The molecule has 20 heavy (non-hydrogen) atoms. The summed E-state index contributed by atoms with van der Waals surface area (Å²) in [6, 6.07) is 10.1. The van der Waals surface area contributed by atoms with Crippen LogP contribution in [0.3, 0.4) is 0 Å². The van der Waals surface area contributed by atoms with Gasteiger partial charge in [0.2, 0.25) is 0 Å². The van der Waals surface area contributed by atoms with E-state index in [-0.39, 0.29) is 0 Å². The Labute approximate surface area is 123 Å². The van der Waals surface area contributed by atoms with Gasteiger partial charge in [-0.05, 0) is 62.2 Å². The van der Waals surface area contributed by atoms with E-state index in [1.807, 2.05) is 0 Å². The summed E-state index contributed by atoms with van der Waals surface area (Å²) in [4.78, 5) is 2.58. The molecule has 3 rings (SSSR count). The van der Waals surface area contributed by atoms with Crippen LogP contribution in [0.2, 0.25) is 0 Å². The van der Waals surface area contributed by atoms with Gasteiger partial charge in [0.15, 0.2) is 0 Å². The molecule has 0 atom stereocenters. The third-order valence-corrected chi connectivity index (χ3v) is 4.51. The Kier molecular flexibility index (Phi) is 4.74. The fourth-order valence-electron chi connectivity index (χ4n) is 2.75. The lowest BCUT2D eigenvalue weighted by Crippen LogP contribution is -2.25. The molecular formula is C18H28N2. The minimum atomic E-state index is 0.829. The Morgan fingerprint density at radius 3 is 2.35 bits per heavy atom. The van der Waals surface area contributed by atoms with E-state index < -0.39 is 0 Å². The zero-order valence-electron chi connectivity index (χ0n) is 12.8. The predicted molar refractivity (Wildman–Crippen MR) is 84.8 cm³/mol. The minimum absolute atomic E-state index is 0.829. The summed E-state index contributed by atoms with van der Waals surface area (Å²) in [5, 5.41) is 3.58. The highest BCUT2D eigenvalue weighted by Gasteiger charge is 2.23. The number of hydrogen-bond acceptors (Lipinski definition) is 2. The maximum atomic E-state index is 3.58. The molecule has 0 aliphatic heterocycles. The molecule has 1 aromatic rings. The summed E-state index contributed by atoms with van der Waals surface area (Å²) in [5.74, 6) is 0.989. The Balaban J connectivity index is 1.43. The molecule has 0 radical (unpaired) electrons. The van der Waals surface area contributed by atoms with Crippen LogP contribution in [0, 0.1) is 5.92 Å². The molecule has 0 unspecified atom stereocenters. The summed E-state index contributed by atoms with van der Waals surface area (Å²) >= 11 is 0. The smallest absolute Gasteiger partial charge is 0.0233 e. The third-order valence-electron chi connectivity index (χ3n) is 4.51. The van der Waals surface area contributed by atoms with Gasteiger partial charge in [0.05, 0.1) is 0 Å². The van der Waals surface area contributed by atoms with Gasteiger partial charge in [0, 0.05) is 19.1 Å². The highest BCUT2D eigenvalue weighted by Crippen LogP contribution is 2.30. The zero-order valence-corrected chi connectivity index (χ0v) is 12.8. The van der Waals surface area contributed by atoms with E-state index in [4.69, 9.17) is 0 Å². The third kappa shape index (κ3) is 4.60. The molecule has 2 aliphatic rings. The maximum absolute atomic E-state index is 3.58. The van der Waals surface area contributed by atoms with Crippen molar-refractivity contribution in [3.8, 4) is 0 Å². The number of rotatable bonds is 9. The molecule has 2 saturated carbocycles. The number of benzene rings is 1. The van der Waals surface area contributed by atoms with Crippen LogP contribution in [0.25, 0.3) is 0 Å². The van der Waals surface area contributed by atoms with Gasteiger partial charge in [-0.15, -0.1) is 0 Å². The van der Waals surface area contributed by atoms with Crippen LogP contribution < -0.4 is 5.32 Å². The van der Waals surface area contributed by atoms with Crippen molar-refractivity contribution in [3.63, 3.8) is 0 Å². The molecule has 2 heteroatoms. The van der Waals surface area contributed by atoms with E-state index in [1.54, 1.807) is 0 Å². The van der Waals surface area contributed by atoms with Gasteiger partial charge < -0.3 is 5.32 Å². The van der Waals surface area contributed by atoms with Crippen LogP contribution in [0.5, 0.6) is 0 Å². The Morgan fingerprint density at radius 2 is 1.75 bits per heavy atom. The van der Waals surface area contributed by atoms with Gasteiger partial charge >= 0.3 is 0 Å². The van der Waals surface area contributed by atoms with Crippen molar-refractivity contribution in [2.24, 2.45) is 5.92 Å². The van der Waals surface area contributed by atoms with Crippen LogP contribution in [-0.4, -0.2) is 30.6 Å². The van der Waals surface area contributed by atoms with E-state index in [1.165, 1.54) is 49.9 Å². The number of hydrogen-bond donors (Lipinski definition) is 1. The van der Waals surface area contributed by atoms with Crippen molar-refractivity contribution in [3.05, 3.63) is 35.4 Å². The van der Waals surface area contributed by atoms with Crippen molar-refractivity contribution < 1.29 is 0 Å². The van der Waals surface area contributed by atoms with E-state index in [0.717, 1.165) is 31.5 Å². The van der Waals surface area contributed by atoms with Crippen molar-refractivity contribution in [2.45, 2.75) is 51.6 Å². The van der Waals surface area contributed by atoms with Crippen LogP contribution in [-0.2, 0) is 13.0 Å². The monoisotopic (exact) mass is 272 g/mol. The normalized spacial score (nSPS) is 18.7. The molecule has 0 bridgehead atoms. The van der Waals surface area contributed by atoms with E-state index in [2.05, 4.69) is 41.4 Å². The lowest BCUT2D eigenvalue weighted by Gasteiger charge is -2.20. The minimum Gasteiger partial charge on any atom is -0.314 e. The molecular weight excluding hydrogens is 244 g/mol. The molecule has 110 valence electrons. The maximum Gasteiger partial charge on any atom is 0.0233 e. The molecule has 2 fully saturated rings. The van der Waals surface area contributed by atoms with Gasteiger partial charge in [-0.1, -0.05) is 31.2 Å². The lowest BCUT2D eigenvalue weighted by atomic mass is 10.1. The molecule has 1 N–H and O–H groups in total. The average molecular weight is 272 g/mol. The van der Waals surface area contributed by atoms with Gasteiger partial charge in [-0.25, -0.2) is 0 Å². The average Bonchev–Trinajstić information content (AvgIpc) is 3.34. The molecule has 1 aromatic carbocycles. The Hall–Kier alpha value is -0.860. The number of nitrogens with one attached hydrogen (secondary N) is 1. The van der Waals surface area contributed by atoms with Gasteiger partial charge in [-0.2, -0.15) is 0 Å².